The zero-order valence-corrected chi connectivity index (χ0v) is 17.1. The maximum Gasteiger partial charge on any atom is 0.272 e. The number of hydrogen-bond acceptors (Lipinski definition) is 6. The van der Waals surface area contributed by atoms with Crippen LogP contribution in [0.25, 0.3) is 10.8 Å². The molecule has 152 valence electrons. The molecule has 0 radical (unpaired) electrons. The minimum atomic E-state index is -0.246. The quantitative estimate of drug-likeness (QED) is 0.486. The zero-order chi connectivity index (χ0) is 20.8. The normalized spacial score (nSPS) is 18.0. The average molecular weight is 401 g/mol. The Morgan fingerprint density at radius 2 is 1.83 bits per heavy atom. The van der Waals surface area contributed by atoms with Gasteiger partial charge < -0.3 is 10.2 Å². The fourth-order valence-corrected chi connectivity index (χ4v) is 4.24. The molecular formula is C22H23N7O. The number of nitrogens with zero attached hydrogens (tertiary/aromatic N) is 4. The molecule has 1 aliphatic heterocycles. The van der Waals surface area contributed by atoms with E-state index in [-0.39, 0.29) is 17.5 Å². The van der Waals surface area contributed by atoms with Gasteiger partial charge in [-0.2, -0.15) is 10.2 Å². The van der Waals surface area contributed by atoms with Gasteiger partial charge in [-0.1, -0.05) is 30.3 Å². The maximum absolute atomic E-state index is 12.4. The molecule has 5 rings (SSSR count). The molecule has 0 amide bonds. The summed E-state index contributed by atoms with van der Waals surface area (Å²) < 4.78 is 0. The van der Waals surface area contributed by atoms with E-state index in [0.717, 1.165) is 34.7 Å². The fourth-order valence-electron chi connectivity index (χ4n) is 4.24. The first-order chi connectivity index (χ1) is 14.5. The third-order valence-electron chi connectivity index (χ3n) is 5.51. The Bertz CT molecular complexity index is 1270. The molecule has 3 heterocycles. The number of anilines is 1. The van der Waals surface area contributed by atoms with Gasteiger partial charge >= 0.3 is 0 Å². The SMILES string of the molecule is Cc1nc(C2c3n[nH]c(=O)c4cccc(c34)NC2c2ccc(CN(C)C)cc2)n[nH]1. The van der Waals surface area contributed by atoms with Crippen LogP contribution >= 0.6 is 0 Å². The molecule has 30 heavy (non-hydrogen) atoms. The lowest BCUT2D eigenvalue weighted by molar-refractivity contribution is 0.402. The number of H-pyrrole nitrogens is 2. The number of benzene rings is 2. The molecule has 0 bridgehead atoms. The number of rotatable bonds is 4. The zero-order valence-electron chi connectivity index (χ0n) is 17.1. The van der Waals surface area contributed by atoms with E-state index in [2.05, 4.69) is 74.0 Å². The second-order valence-corrected chi connectivity index (χ2v) is 8.02. The maximum atomic E-state index is 12.4. The van der Waals surface area contributed by atoms with Crippen molar-refractivity contribution in [2.75, 3.05) is 19.4 Å². The topological polar surface area (TPSA) is 103 Å². The molecule has 2 aromatic heterocycles. The molecule has 2 unspecified atom stereocenters. The molecule has 4 aromatic rings. The van der Waals surface area contributed by atoms with Crippen LogP contribution in [-0.4, -0.2) is 44.4 Å². The Balaban J connectivity index is 1.67. The van der Waals surface area contributed by atoms with Crippen LogP contribution in [0, 0.1) is 6.92 Å². The summed E-state index contributed by atoms with van der Waals surface area (Å²) in [5.41, 5.74) is 3.83. The van der Waals surface area contributed by atoms with Crippen molar-refractivity contribution < 1.29 is 0 Å². The summed E-state index contributed by atoms with van der Waals surface area (Å²) in [5, 5.41) is 19.6. The second-order valence-electron chi connectivity index (χ2n) is 8.02. The van der Waals surface area contributed by atoms with Gasteiger partial charge in [-0.3, -0.25) is 9.89 Å². The van der Waals surface area contributed by atoms with Gasteiger partial charge in [0.05, 0.1) is 23.0 Å². The van der Waals surface area contributed by atoms with Crippen molar-refractivity contribution in [3.63, 3.8) is 0 Å². The smallest absolute Gasteiger partial charge is 0.272 e. The molecule has 2 atom stereocenters. The van der Waals surface area contributed by atoms with Crippen molar-refractivity contribution in [2.45, 2.75) is 25.4 Å². The van der Waals surface area contributed by atoms with Gasteiger partial charge in [-0.25, -0.2) is 10.1 Å². The summed E-state index contributed by atoms with van der Waals surface area (Å²) in [6, 6.07) is 14.1. The summed E-state index contributed by atoms with van der Waals surface area (Å²) in [6.07, 6.45) is 0. The van der Waals surface area contributed by atoms with Crippen LogP contribution in [0.1, 0.15) is 40.4 Å². The highest BCUT2D eigenvalue weighted by Gasteiger charge is 2.37. The number of hydrogen-bond donors (Lipinski definition) is 3. The summed E-state index contributed by atoms with van der Waals surface area (Å²) in [5.74, 6) is 1.14. The fraction of sp³-hybridized carbons (Fsp3) is 0.273. The minimum absolute atomic E-state index is 0.120. The molecule has 1 aliphatic rings. The molecule has 0 saturated heterocycles. The van der Waals surface area contributed by atoms with E-state index in [1.165, 1.54) is 5.56 Å². The number of aromatic amines is 2. The molecule has 0 spiro atoms. The van der Waals surface area contributed by atoms with Crippen LogP contribution in [0.15, 0.2) is 47.3 Å². The van der Waals surface area contributed by atoms with Crippen LogP contribution in [0.2, 0.25) is 0 Å². The Kier molecular flexibility index (Phi) is 4.36. The Morgan fingerprint density at radius 1 is 1.03 bits per heavy atom. The van der Waals surface area contributed by atoms with Gasteiger partial charge in [0.15, 0.2) is 5.82 Å². The summed E-state index contributed by atoms with van der Waals surface area (Å²) in [7, 11) is 4.12. The Morgan fingerprint density at radius 3 is 2.53 bits per heavy atom. The van der Waals surface area contributed by atoms with E-state index in [1.54, 1.807) is 0 Å². The molecule has 8 heteroatoms. The first-order valence-electron chi connectivity index (χ1n) is 9.91. The number of aryl methyl sites for hydroxylation is 1. The van der Waals surface area contributed by atoms with Crippen LogP contribution in [0.3, 0.4) is 0 Å². The van der Waals surface area contributed by atoms with Crippen LogP contribution in [0.4, 0.5) is 5.69 Å². The van der Waals surface area contributed by atoms with Crippen molar-refractivity contribution in [2.24, 2.45) is 0 Å². The largest absolute Gasteiger partial charge is 0.377 e. The monoisotopic (exact) mass is 401 g/mol. The van der Waals surface area contributed by atoms with E-state index in [0.29, 0.717) is 11.2 Å². The third kappa shape index (κ3) is 3.05. The van der Waals surface area contributed by atoms with Gasteiger partial charge in [0.2, 0.25) is 0 Å². The third-order valence-corrected chi connectivity index (χ3v) is 5.51. The first-order valence-corrected chi connectivity index (χ1v) is 9.91. The predicted molar refractivity (Wildman–Crippen MR) is 116 cm³/mol. The number of nitrogens with one attached hydrogen (secondary N) is 3. The lowest BCUT2D eigenvalue weighted by atomic mass is 9.83. The van der Waals surface area contributed by atoms with Crippen molar-refractivity contribution in [1.82, 2.24) is 30.3 Å². The molecule has 2 aromatic carbocycles. The van der Waals surface area contributed by atoms with E-state index >= 15 is 0 Å². The lowest BCUT2D eigenvalue weighted by Gasteiger charge is -2.33. The molecule has 0 aliphatic carbocycles. The second kappa shape index (κ2) is 7.07. The van der Waals surface area contributed by atoms with Gasteiger partial charge in [0.25, 0.3) is 5.56 Å². The van der Waals surface area contributed by atoms with Crippen molar-refractivity contribution in [3.05, 3.63) is 81.3 Å². The van der Waals surface area contributed by atoms with Gasteiger partial charge in [-0.05, 0) is 44.3 Å². The Labute approximate surface area is 173 Å². The van der Waals surface area contributed by atoms with E-state index < -0.39 is 0 Å². The van der Waals surface area contributed by atoms with Crippen molar-refractivity contribution in [3.8, 4) is 0 Å². The molecule has 3 N–H and O–H groups in total. The standard InChI is InChI=1S/C22H23N7O/c1-12-23-21(27-25-12)18-19(14-9-7-13(8-10-14)11-29(2)3)24-16-6-4-5-15-17(16)20(18)26-28-22(15)30/h4-10,18-19,24H,11H2,1-3H3,(H,28,30)(H,23,25,27). The average Bonchev–Trinajstić information content (AvgIpc) is 3.16. The minimum Gasteiger partial charge on any atom is -0.377 e. The van der Waals surface area contributed by atoms with Crippen molar-refractivity contribution in [1.29, 1.82) is 0 Å². The summed E-state index contributed by atoms with van der Waals surface area (Å²) in [4.78, 5) is 19.1. The van der Waals surface area contributed by atoms with E-state index in [4.69, 9.17) is 0 Å². The summed E-state index contributed by atoms with van der Waals surface area (Å²) in [6.45, 7) is 2.76. The highest BCUT2D eigenvalue weighted by atomic mass is 16.1. The predicted octanol–water partition coefficient (Wildman–Crippen LogP) is 2.71. The van der Waals surface area contributed by atoms with Crippen LogP contribution in [-0.2, 0) is 6.54 Å². The molecule has 0 saturated carbocycles. The van der Waals surface area contributed by atoms with Crippen molar-refractivity contribution >= 4 is 16.5 Å². The highest BCUT2D eigenvalue weighted by molar-refractivity contribution is 5.97. The van der Waals surface area contributed by atoms with Gasteiger partial charge in [0.1, 0.15) is 5.82 Å². The lowest BCUT2D eigenvalue weighted by Crippen LogP contribution is -2.28. The highest BCUT2D eigenvalue weighted by Crippen LogP contribution is 2.45. The first kappa shape index (κ1) is 18.5. The van der Waals surface area contributed by atoms with E-state index in [1.807, 2.05) is 25.1 Å². The molecule has 0 fully saturated rings. The Hall–Kier alpha value is -3.52. The van der Waals surface area contributed by atoms with Gasteiger partial charge in [0, 0.05) is 17.6 Å². The van der Waals surface area contributed by atoms with Gasteiger partial charge in [-0.15, -0.1) is 0 Å². The molecular weight excluding hydrogens is 378 g/mol. The van der Waals surface area contributed by atoms with Crippen LogP contribution in [0.5, 0.6) is 0 Å². The van der Waals surface area contributed by atoms with Crippen LogP contribution < -0.4 is 10.9 Å². The van der Waals surface area contributed by atoms with E-state index in [9.17, 15) is 4.79 Å². The number of aromatic nitrogens is 5. The molecule has 8 nitrogen and oxygen atoms in total. The summed E-state index contributed by atoms with van der Waals surface area (Å²) >= 11 is 0.